The van der Waals surface area contributed by atoms with Gasteiger partial charge in [0.2, 0.25) is 17.7 Å². The fourth-order valence-electron chi connectivity index (χ4n) is 2.77. The number of carboxylic acids is 2. The number of benzene rings is 1. The molecule has 1 aromatic carbocycles. The van der Waals surface area contributed by atoms with Gasteiger partial charge in [0, 0.05) is 25.3 Å². The van der Waals surface area contributed by atoms with Gasteiger partial charge in [-0.1, -0.05) is 30.3 Å². The van der Waals surface area contributed by atoms with E-state index in [4.69, 9.17) is 16.6 Å². The summed E-state index contributed by atoms with van der Waals surface area (Å²) < 4.78 is 0. The van der Waals surface area contributed by atoms with Gasteiger partial charge in [-0.05, 0) is 18.4 Å². The molecule has 0 bridgehead atoms. The summed E-state index contributed by atoms with van der Waals surface area (Å²) in [5, 5.41) is 21.8. The van der Waals surface area contributed by atoms with Crippen molar-refractivity contribution < 1.29 is 34.2 Å². The van der Waals surface area contributed by atoms with Gasteiger partial charge in [-0.15, -0.1) is 0 Å². The average molecular weight is 469 g/mol. The molecule has 0 radical (unpaired) electrons. The lowest BCUT2D eigenvalue weighted by atomic mass is 10.0. The number of carbonyl (C=O) groups excluding carboxylic acids is 3. The molecule has 0 fully saturated rings. The van der Waals surface area contributed by atoms with Crippen molar-refractivity contribution in [2.75, 3.05) is 0 Å². The predicted molar refractivity (Wildman–Crippen MR) is 118 cm³/mol. The molecule has 8 N–H and O–H groups in total. The van der Waals surface area contributed by atoms with Gasteiger partial charge in [0.05, 0.1) is 5.25 Å². The molecule has 4 atom stereocenters. The maximum Gasteiger partial charge on any atom is 0.326 e. The maximum absolute atomic E-state index is 12.8. The predicted octanol–water partition coefficient (Wildman–Crippen LogP) is -0.961. The highest BCUT2D eigenvalue weighted by molar-refractivity contribution is 7.81. The van der Waals surface area contributed by atoms with Crippen LogP contribution in [0.2, 0.25) is 0 Å². The van der Waals surface area contributed by atoms with E-state index in [1.54, 1.807) is 30.3 Å². The highest BCUT2D eigenvalue weighted by Crippen LogP contribution is 2.10. The van der Waals surface area contributed by atoms with Crippen molar-refractivity contribution in [3.63, 3.8) is 0 Å². The average Bonchev–Trinajstić information content (AvgIpc) is 2.73. The molecule has 0 aliphatic carbocycles. The summed E-state index contributed by atoms with van der Waals surface area (Å²) >= 11 is 4.17. The Morgan fingerprint density at radius 1 is 0.906 bits per heavy atom. The van der Waals surface area contributed by atoms with Gasteiger partial charge in [0.15, 0.2) is 0 Å². The van der Waals surface area contributed by atoms with E-state index in [1.807, 2.05) is 0 Å². The molecule has 32 heavy (non-hydrogen) atoms. The molecular weight excluding hydrogens is 440 g/mol. The quantitative estimate of drug-likeness (QED) is 0.169. The minimum Gasteiger partial charge on any atom is -0.481 e. The second kappa shape index (κ2) is 13.3. The molecule has 0 spiro atoms. The van der Waals surface area contributed by atoms with Crippen molar-refractivity contribution in [3.05, 3.63) is 35.9 Å². The zero-order valence-corrected chi connectivity index (χ0v) is 18.2. The van der Waals surface area contributed by atoms with Crippen LogP contribution in [0.3, 0.4) is 0 Å². The Bertz CT molecular complexity index is 821. The zero-order chi connectivity index (χ0) is 24.3. The second-order valence-electron chi connectivity index (χ2n) is 7.20. The van der Waals surface area contributed by atoms with Gasteiger partial charge < -0.3 is 32.3 Å². The highest BCUT2D eigenvalue weighted by atomic mass is 32.1. The lowest BCUT2D eigenvalue weighted by molar-refractivity contribution is -0.143. The Kier molecular flexibility index (Phi) is 11.2. The molecule has 0 aliphatic rings. The minimum absolute atomic E-state index is 0.0384. The number of thiol groups is 1. The molecule has 1 unspecified atom stereocenters. The van der Waals surface area contributed by atoms with E-state index in [0.29, 0.717) is 5.56 Å². The number of carbonyl (C=O) groups is 5. The van der Waals surface area contributed by atoms with Gasteiger partial charge in [-0.25, -0.2) is 4.79 Å². The van der Waals surface area contributed by atoms with Crippen LogP contribution < -0.4 is 22.1 Å². The molecule has 1 rings (SSSR count). The first-order chi connectivity index (χ1) is 15.0. The van der Waals surface area contributed by atoms with Crippen LogP contribution in [0, 0.1) is 0 Å². The Morgan fingerprint density at radius 3 is 2.03 bits per heavy atom. The number of rotatable bonds is 14. The van der Waals surface area contributed by atoms with Crippen LogP contribution in [0.25, 0.3) is 0 Å². The standard InChI is InChI=1S/C20H28N4O7S/c21-12(6-8-15(22)25)17(32)19(29)24-14(10-11-4-2-1-3-5-11)18(28)23-13(20(30)31)7-9-16(26)27/h1-5,12-14,17,32H,6-10,21H2,(H2,22,25)(H,23,28)(H,24,29)(H,26,27)(H,30,31)/t12-,13-,14-,17?/m0/s1. The minimum atomic E-state index is -1.45. The lowest BCUT2D eigenvalue weighted by Gasteiger charge is -2.24. The molecule has 0 heterocycles. The Labute approximate surface area is 190 Å². The number of nitrogens with one attached hydrogen (secondary N) is 2. The number of hydrogen-bond acceptors (Lipinski definition) is 7. The van der Waals surface area contributed by atoms with Crippen molar-refractivity contribution >= 4 is 42.3 Å². The molecule has 11 nitrogen and oxygen atoms in total. The van der Waals surface area contributed by atoms with Crippen LogP contribution in [0.1, 0.15) is 31.2 Å². The van der Waals surface area contributed by atoms with Gasteiger partial charge in [-0.3, -0.25) is 19.2 Å². The molecule has 0 aromatic heterocycles. The van der Waals surface area contributed by atoms with Crippen molar-refractivity contribution in [2.24, 2.45) is 11.5 Å². The van der Waals surface area contributed by atoms with Crippen molar-refractivity contribution in [3.8, 4) is 0 Å². The number of carboxylic acid groups (broad SMARTS) is 2. The Hall–Kier alpha value is -3.12. The third kappa shape index (κ3) is 9.79. The van der Waals surface area contributed by atoms with Gasteiger partial charge in [0.25, 0.3) is 0 Å². The fourth-order valence-corrected chi connectivity index (χ4v) is 3.00. The summed E-state index contributed by atoms with van der Waals surface area (Å²) in [5.41, 5.74) is 11.7. The van der Waals surface area contributed by atoms with Crippen molar-refractivity contribution in [1.82, 2.24) is 10.6 Å². The fraction of sp³-hybridized carbons (Fsp3) is 0.450. The van der Waals surface area contributed by atoms with E-state index >= 15 is 0 Å². The SMILES string of the molecule is NC(=O)CC[C@H](N)C(S)C(=O)N[C@@H](Cc1ccccc1)C(=O)N[C@@H](CCC(=O)O)C(=O)O. The molecule has 176 valence electrons. The van der Waals surface area contributed by atoms with E-state index in [9.17, 15) is 29.1 Å². The van der Waals surface area contributed by atoms with E-state index in [2.05, 4.69) is 23.3 Å². The van der Waals surface area contributed by atoms with E-state index in [1.165, 1.54) is 0 Å². The monoisotopic (exact) mass is 468 g/mol. The number of primary amides is 1. The molecule has 12 heteroatoms. The number of hydrogen-bond donors (Lipinski definition) is 7. The third-order valence-corrected chi connectivity index (χ3v) is 5.19. The Balaban J connectivity index is 2.94. The smallest absolute Gasteiger partial charge is 0.326 e. The first kappa shape index (κ1) is 26.9. The second-order valence-corrected chi connectivity index (χ2v) is 7.75. The molecule has 1 aromatic rings. The summed E-state index contributed by atoms with van der Waals surface area (Å²) in [6, 6.07) is 5.26. The van der Waals surface area contributed by atoms with Crippen LogP contribution in [-0.4, -0.2) is 63.2 Å². The molecule has 0 saturated carbocycles. The van der Waals surface area contributed by atoms with Gasteiger partial charge in [-0.2, -0.15) is 12.6 Å². The number of amides is 3. The third-order valence-electron chi connectivity index (χ3n) is 4.58. The van der Waals surface area contributed by atoms with Gasteiger partial charge in [0.1, 0.15) is 12.1 Å². The summed E-state index contributed by atoms with van der Waals surface area (Å²) in [6.07, 6.45) is -0.664. The van der Waals surface area contributed by atoms with Crippen LogP contribution in [0.4, 0.5) is 0 Å². The van der Waals surface area contributed by atoms with E-state index < -0.39 is 59.5 Å². The summed E-state index contributed by atoms with van der Waals surface area (Å²) in [5.74, 6) is -4.67. The summed E-state index contributed by atoms with van der Waals surface area (Å²) in [4.78, 5) is 58.5. The first-order valence-corrected chi connectivity index (χ1v) is 10.3. The van der Waals surface area contributed by atoms with Crippen molar-refractivity contribution in [2.45, 2.75) is 55.5 Å². The number of nitrogens with two attached hydrogens (primary N) is 2. The van der Waals surface area contributed by atoms with Crippen LogP contribution in [-0.2, 0) is 30.4 Å². The van der Waals surface area contributed by atoms with E-state index in [-0.39, 0.29) is 25.7 Å². The number of aliphatic carboxylic acids is 2. The lowest BCUT2D eigenvalue weighted by Crippen LogP contribution is -2.55. The first-order valence-electron chi connectivity index (χ1n) is 9.82. The maximum atomic E-state index is 12.8. The molecule has 0 aliphatic heterocycles. The van der Waals surface area contributed by atoms with Crippen molar-refractivity contribution in [1.29, 1.82) is 0 Å². The van der Waals surface area contributed by atoms with Crippen LogP contribution >= 0.6 is 12.6 Å². The molecular formula is C20H28N4O7S. The zero-order valence-electron chi connectivity index (χ0n) is 17.3. The summed E-state index contributed by atoms with van der Waals surface area (Å²) in [7, 11) is 0. The summed E-state index contributed by atoms with van der Waals surface area (Å²) in [6.45, 7) is 0. The largest absolute Gasteiger partial charge is 0.481 e. The molecule has 0 saturated heterocycles. The van der Waals surface area contributed by atoms with Gasteiger partial charge >= 0.3 is 11.9 Å². The van der Waals surface area contributed by atoms with E-state index in [0.717, 1.165) is 0 Å². The molecule has 3 amide bonds. The van der Waals surface area contributed by atoms with Crippen LogP contribution in [0.15, 0.2) is 30.3 Å². The Morgan fingerprint density at radius 2 is 1.50 bits per heavy atom. The highest BCUT2D eigenvalue weighted by Gasteiger charge is 2.30. The topological polar surface area (TPSA) is 202 Å². The van der Waals surface area contributed by atoms with Crippen LogP contribution in [0.5, 0.6) is 0 Å². The normalized spacial score (nSPS) is 14.4.